The number of benzene rings is 2. The predicted molar refractivity (Wildman–Crippen MR) is 107 cm³/mol. The van der Waals surface area contributed by atoms with E-state index in [0.717, 1.165) is 11.1 Å². The third kappa shape index (κ3) is 5.89. The van der Waals surface area contributed by atoms with E-state index < -0.39 is 18.0 Å². The zero-order valence-electron chi connectivity index (χ0n) is 15.8. The van der Waals surface area contributed by atoms with Gasteiger partial charge in [0.1, 0.15) is 0 Å². The molecule has 3 aromatic rings. The Balaban J connectivity index is 1.43. The van der Waals surface area contributed by atoms with Crippen LogP contribution in [0.15, 0.2) is 59.1 Å². The van der Waals surface area contributed by atoms with E-state index in [1.165, 1.54) is 6.92 Å². The Bertz CT molecular complexity index is 975. The molecule has 29 heavy (non-hydrogen) atoms. The summed E-state index contributed by atoms with van der Waals surface area (Å²) in [6.07, 6.45) is -0.668. The molecule has 1 amide bonds. The SMILES string of the molecule is C[C@H](OC(=O)CCc1nc(-c2ccccc2)no1)C(=O)NCc1ccccc1Cl. The van der Waals surface area contributed by atoms with Gasteiger partial charge in [-0.15, -0.1) is 0 Å². The molecule has 0 bridgehead atoms. The molecule has 0 aliphatic carbocycles. The number of nitrogens with zero attached hydrogens (tertiary/aromatic N) is 2. The normalized spacial score (nSPS) is 11.7. The molecule has 0 saturated carbocycles. The molecular weight excluding hydrogens is 394 g/mol. The third-order valence-corrected chi connectivity index (χ3v) is 4.50. The molecule has 8 heteroatoms. The number of esters is 1. The highest BCUT2D eigenvalue weighted by molar-refractivity contribution is 6.31. The maximum Gasteiger partial charge on any atom is 0.307 e. The molecule has 0 fully saturated rings. The van der Waals surface area contributed by atoms with Crippen molar-refractivity contribution in [2.45, 2.75) is 32.4 Å². The Morgan fingerprint density at radius 3 is 2.62 bits per heavy atom. The van der Waals surface area contributed by atoms with E-state index in [1.807, 2.05) is 48.5 Å². The van der Waals surface area contributed by atoms with E-state index in [9.17, 15) is 9.59 Å². The van der Waals surface area contributed by atoms with Gasteiger partial charge in [-0.05, 0) is 18.6 Å². The van der Waals surface area contributed by atoms with Gasteiger partial charge in [0.25, 0.3) is 5.91 Å². The summed E-state index contributed by atoms with van der Waals surface area (Å²) in [5, 5.41) is 7.16. The van der Waals surface area contributed by atoms with Crippen LogP contribution < -0.4 is 5.32 Å². The van der Waals surface area contributed by atoms with Gasteiger partial charge in [0.05, 0.1) is 6.42 Å². The van der Waals surface area contributed by atoms with Gasteiger partial charge >= 0.3 is 5.97 Å². The molecule has 1 N–H and O–H groups in total. The number of amides is 1. The highest BCUT2D eigenvalue weighted by atomic mass is 35.5. The van der Waals surface area contributed by atoms with Crippen molar-refractivity contribution in [3.8, 4) is 11.4 Å². The van der Waals surface area contributed by atoms with Gasteiger partial charge in [-0.2, -0.15) is 4.98 Å². The highest BCUT2D eigenvalue weighted by Crippen LogP contribution is 2.16. The number of nitrogens with one attached hydrogen (secondary N) is 1. The lowest BCUT2D eigenvalue weighted by Crippen LogP contribution is -2.35. The molecule has 1 atom stereocenters. The molecular formula is C21H20ClN3O4. The van der Waals surface area contributed by atoms with E-state index in [2.05, 4.69) is 15.5 Å². The van der Waals surface area contributed by atoms with Crippen LogP contribution in [0.5, 0.6) is 0 Å². The molecule has 1 aromatic heterocycles. The zero-order valence-corrected chi connectivity index (χ0v) is 16.6. The van der Waals surface area contributed by atoms with Crippen LogP contribution in [0, 0.1) is 0 Å². The second-order valence-electron chi connectivity index (χ2n) is 6.32. The number of hydrogen-bond donors (Lipinski definition) is 1. The molecule has 0 aliphatic rings. The first kappa shape index (κ1) is 20.5. The third-order valence-electron chi connectivity index (χ3n) is 4.13. The van der Waals surface area contributed by atoms with E-state index in [1.54, 1.807) is 6.07 Å². The van der Waals surface area contributed by atoms with Gasteiger partial charge in [-0.25, -0.2) is 0 Å². The van der Waals surface area contributed by atoms with Gasteiger partial charge in [-0.3, -0.25) is 9.59 Å². The van der Waals surface area contributed by atoms with Crippen molar-refractivity contribution in [2.24, 2.45) is 0 Å². The largest absolute Gasteiger partial charge is 0.453 e. The first-order valence-electron chi connectivity index (χ1n) is 9.11. The molecule has 7 nitrogen and oxygen atoms in total. The van der Waals surface area contributed by atoms with Crippen LogP contribution in [0.3, 0.4) is 0 Å². The molecule has 0 aliphatic heterocycles. The quantitative estimate of drug-likeness (QED) is 0.567. The van der Waals surface area contributed by atoms with Crippen molar-refractivity contribution in [3.05, 3.63) is 71.1 Å². The van der Waals surface area contributed by atoms with Gasteiger partial charge < -0.3 is 14.6 Å². The van der Waals surface area contributed by atoms with E-state index in [4.69, 9.17) is 20.9 Å². The summed E-state index contributed by atoms with van der Waals surface area (Å²) in [6, 6.07) is 16.6. The zero-order chi connectivity index (χ0) is 20.6. The molecule has 0 radical (unpaired) electrons. The van der Waals surface area contributed by atoms with Crippen LogP contribution in [-0.4, -0.2) is 28.1 Å². The van der Waals surface area contributed by atoms with E-state index in [0.29, 0.717) is 16.7 Å². The van der Waals surface area contributed by atoms with E-state index in [-0.39, 0.29) is 19.4 Å². The first-order chi connectivity index (χ1) is 14.0. The Hall–Kier alpha value is -3.19. The Kier molecular flexibility index (Phi) is 6.97. The highest BCUT2D eigenvalue weighted by Gasteiger charge is 2.19. The minimum Gasteiger partial charge on any atom is -0.453 e. The number of aromatic nitrogens is 2. The number of rotatable bonds is 8. The van der Waals surface area contributed by atoms with Crippen LogP contribution in [0.2, 0.25) is 5.02 Å². The average Bonchev–Trinajstić information content (AvgIpc) is 3.21. The van der Waals surface area contributed by atoms with Crippen LogP contribution in [0.25, 0.3) is 11.4 Å². The van der Waals surface area contributed by atoms with E-state index >= 15 is 0 Å². The summed E-state index contributed by atoms with van der Waals surface area (Å²) in [4.78, 5) is 28.4. The van der Waals surface area contributed by atoms with Crippen molar-refractivity contribution in [1.82, 2.24) is 15.5 Å². The second kappa shape index (κ2) is 9.84. The fourth-order valence-electron chi connectivity index (χ4n) is 2.55. The van der Waals surface area contributed by atoms with Crippen molar-refractivity contribution in [1.29, 1.82) is 0 Å². The van der Waals surface area contributed by atoms with Crippen molar-refractivity contribution in [2.75, 3.05) is 0 Å². The molecule has 150 valence electrons. The smallest absolute Gasteiger partial charge is 0.307 e. The molecule has 2 aromatic carbocycles. The van der Waals surface area contributed by atoms with Crippen LogP contribution in [-0.2, 0) is 27.3 Å². The summed E-state index contributed by atoms with van der Waals surface area (Å²) in [7, 11) is 0. The molecule has 0 saturated heterocycles. The Labute approximate surface area is 173 Å². The fraction of sp³-hybridized carbons (Fsp3) is 0.238. The van der Waals surface area contributed by atoms with Crippen molar-refractivity contribution in [3.63, 3.8) is 0 Å². The summed E-state index contributed by atoms with van der Waals surface area (Å²) in [5.41, 5.74) is 1.61. The maximum absolute atomic E-state index is 12.1. The average molecular weight is 414 g/mol. The van der Waals surface area contributed by atoms with Gasteiger partial charge in [-0.1, -0.05) is 65.3 Å². The van der Waals surface area contributed by atoms with Crippen LogP contribution in [0.1, 0.15) is 24.8 Å². The molecule has 0 spiro atoms. The van der Waals surface area contributed by atoms with Crippen LogP contribution in [0.4, 0.5) is 0 Å². The van der Waals surface area contributed by atoms with Gasteiger partial charge in [0.15, 0.2) is 6.10 Å². The predicted octanol–water partition coefficient (Wildman–Crippen LogP) is 3.57. The molecule has 0 unspecified atom stereocenters. The lowest BCUT2D eigenvalue weighted by atomic mass is 10.2. The van der Waals surface area contributed by atoms with Gasteiger partial charge in [0.2, 0.25) is 11.7 Å². The van der Waals surface area contributed by atoms with Crippen molar-refractivity contribution >= 4 is 23.5 Å². The maximum atomic E-state index is 12.1. The summed E-state index contributed by atoms with van der Waals surface area (Å²) >= 11 is 6.06. The van der Waals surface area contributed by atoms with Gasteiger partial charge in [0, 0.05) is 23.6 Å². The topological polar surface area (TPSA) is 94.3 Å². The number of halogens is 1. The second-order valence-corrected chi connectivity index (χ2v) is 6.73. The number of carbonyl (C=O) groups excluding carboxylic acids is 2. The number of carbonyl (C=O) groups is 2. The lowest BCUT2D eigenvalue weighted by Gasteiger charge is -2.13. The Morgan fingerprint density at radius 2 is 1.86 bits per heavy atom. The number of ether oxygens (including phenoxy) is 1. The molecule has 1 heterocycles. The first-order valence-corrected chi connectivity index (χ1v) is 9.49. The number of aryl methyl sites for hydroxylation is 1. The minimum atomic E-state index is -0.924. The van der Waals surface area contributed by atoms with Crippen molar-refractivity contribution < 1.29 is 18.8 Å². The van der Waals surface area contributed by atoms with Crippen LogP contribution >= 0.6 is 11.6 Å². The standard InChI is InChI=1S/C21H20ClN3O4/c1-14(21(27)23-13-16-9-5-6-10-17(16)22)28-19(26)12-11-18-24-20(25-29-18)15-7-3-2-4-8-15/h2-10,14H,11-13H2,1H3,(H,23,27)/t14-/m0/s1. The summed E-state index contributed by atoms with van der Waals surface area (Å²) in [6.45, 7) is 1.77. The monoisotopic (exact) mass is 413 g/mol. The molecule has 3 rings (SSSR count). The Morgan fingerprint density at radius 1 is 1.14 bits per heavy atom. The lowest BCUT2D eigenvalue weighted by molar-refractivity contribution is -0.154. The fourth-order valence-corrected chi connectivity index (χ4v) is 2.75. The number of hydrogen-bond acceptors (Lipinski definition) is 6. The summed E-state index contributed by atoms with van der Waals surface area (Å²) in [5.74, 6) is -0.134. The summed E-state index contributed by atoms with van der Waals surface area (Å²) < 4.78 is 10.3. The minimum absolute atomic E-state index is 0.0263.